The van der Waals surface area contributed by atoms with E-state index in [9.17, 15) is 8.78 Å². The van der Waals surface area contributed by atoms with Crippen LogP contribution in [0.3, 0.4) is 0 Å². The third kappa shape index (κ3) is 6.03. The van der Waals surface area contributed by atoms with E-state index in [1.807, 2.05) is 18.2 Å². The van der Waals surface area contributed by atoms with Crippen molar-refractivity contribution in [1.29, 1.82) is 5.26 Å². The highest BCUT2D eigenvalue weighted by atomic mass is 19.1. The molecule has 2 saturated carbocycles. The lowest BCUT2D eigenvalue weighted by Crippen LogP contribution is -2.25. The van der Waals surface area contributed by atoms with Crippen LogP contribution in [0.1, 0.15) is 75.7 Å². The molecule has 0 saturated heterocycles. The highest BCUT2D eigenvalue weighted by Crippen LogP contribution is 2.44. The molecule has 2 aliphatic carbocycles. The van der Waals surface area contributed by atoms with Crippen LogP contribution in [0.15, 0.2) is 48.3 Å². The van der Waals surface area contributed by atoms with Crippen LogP contribution >= 0.6 is 0 Å². The second-order valence-corrected chi connectivity index (χ2v) is 8.58. The molecule has 0 aromatic heterocycles. The summed E-state index contributed by atoms with van der Waals surface area (Å²) < 4.78 is 25.8. The third-order valence-corrected chi connectivity index (χ3v) is 6.90. The fraction of sp³-hybridized carbons (Fsp3) is 0.560. The molecule has 0 aliphatic heterocycles. The summed E-state index contributed by atoms with van der Waals surface area (Å²) >= 11 is 0. The van der Waals surface area contributed by atoms with Gasteiger partial charge in [0.1, 0.15) is 11.9 Å². The number of hydrogen-bond donors (Lipinski definition) is 0. The highest BCUT2D eigenvalue weighted by molar-refractivity contribution is 5.21. The van der Waals surface area contributed by atoms with Crippen LogP contribution < -0.4 is 0 Å². The van der Waals surface area contributed by atoms with Crippen molar-refractivity contribution in [1.82, 2.24) is 0 Å². The van der Waals surface area contributed by atoms with Crippen LogP contribution in [-0.4, -0.2) is 0 Å². The molecule has 150 valence electrons. The highest BCUT2D eigenvalue weighted by Gasteiger charge is 2.31. The molecule has 0 radical (unpaired) electrons. The van der Waals surface area contributed by atoms with E-state index in [2.05, 4.69) is 0 Å². The average Bonchev–Trinajstić information content (AvgIpc) is 2.74. The van der Waals surface area contributed by atoms with Crippen LogP contribution in [-0.2, 0) is 0 Å². The quantitative estimate of drug-likeness (QED) is 0.366. The summed E-state index contributed by atoms with van der Waals surface area (Å²) in [5, 5.41) is 8.37. The van der Waals surface area contributed by atoms with Crippen molar-refractivity contribution in [3.63, 3.8) is 0 Å². The Hall–Kier alpha value is -1.95. The Balaban J connectivity index is 1.35. The summed E-state index contributed by atoms with van der Waals surface area (Å²) in [4.78, 5) is 0. The molecule has 0 heterocycles. The summed E-state index contributed by atoms with van der Waals surface area (Å²) in [6.45, 7) is 0. The molecule has 3 rings (SSSR count). The zero-order valence-corrected chi connectivity index (χ0v) is 16.6. The maximum atomic E-state index is 13.1. The molecule has 0 N–H and O–H groups in total. The van der Waals surface area contributed by atoms with Gasteiger partial charge in [-0.3, -0.25) is 0 Å². The standard InChI is InChI=1S/C25H31F2N/c26-24-16-14-23(15-17-24)22-12-10-21(11-13-22)20-8-6-19(7-9-20)4-2-1-3-5-25(27)18-28/h1,3,5,14-17,19-22H,2,4,6-13H2. The van der Waals surface area contributed by atoms with Crippen molar-refractivity contribution in [2.75, 3.05) is 0 Å². The van der Waals surface area contributed by atoms with E-state index in [0.717, 1.165) is 24.2 Å². The summed E-state index contributed by atoms with van der Waals surface area (Å²) in [7, 11) is 0. The van der Waals surface area contributed by atoms with Crippen molar-refractivity contribution in [3.05, 3.63) is 59.7 Å². The molecule has 3 heteroatoms. The van der Waals surface area contributed by atoms with Crippen LogP contribution in [0.25, 0.3) is 0 Å². The van der Waals surface area contributed by atoms with Gasteiger partial charge >= 0.3 is 0 Å². The Bertz CT molecular complexity index is 697. The normalized spacial score (nSPS) is 29.0. The molecular formula is C25H31F2N. The monoisotopic (exact) mass is 383 g/mol. The van der Waals surface area contributed by atoms with Crippen LogP contribution in [0.4, 0.5) is 8.78 Å². The molecule has 0 amide bonds. The smallest absolute Gasteiger partial charge is 0.199 e. The molecule has 1 aromatic carbocycles. The van der Waals surface area contributed by atoms with Crippen molar-refractivity contribution < 1.29 is 8.78 Å². The Morgan fingerprint density at radius 1 is 0.964 bits per heavy atom. The number of allylic oxidation sites excluding steroid dienone is 4. The molecule has 0 bridgehead atoms. The van der Waals surface area contributed by atoms with Gasteiger partial charge in [-0.15, -0.1) is 0 Å². The van der Waals surface area contributed by atoms with Gasteiger partial charge in [0.05, 0.1) is 0 Å². The molecule has 1 aromatic rings. The van der Waals surface area contributed by atoms with Gasteiger partial charge in [0.25, 0.3) is 0 Å². The molecule has 0 unspecified atom stereocenters. The van der Waals surface area contributed by atoms with E-state index < -0.39 is 5.83 Å². The van der Waals surface area contributed by atoms with E-state index >= 15 is 0 Å². The molecule has 1 nitrogen and oxygen atoms in total. The summed E-state index contributed by atoms with van der Waals surface area (Å²) in [5.41, 5.74) is 1.31. The maximum absolute atomic E-state index is 13.1. The minimum atomic E-state index is -0.731. The van der Waals surface area contributed by atoms with Gasteiger partial charge in [0.15, 0.2) is 5.83 Å². The van der Waals surface area contributed by atoms with Gasteiger partial charge in [-0.25, -0.2) is 4.39 Å². The molecule has 28 heavy (non-hydrogen) atoms. The molecular weight excluding hydrogens is 352 g/mol. The zero-order valence-electron chi connectivity index (χ0n) is 16.6. The van der Waals surface area contributed by atoms with E-state index in [4.69, 9.17) is 5.26 Å². The molecule has 2 fully saturated rings. The van der Waals surface area contributed by atoms with E-state index in [-0.39, 0.29) is 5.82 Å². The Morgan fingerprint density at radius 3 is 2.18 bits per heavy atom. The van der Waals surface area contributed by atoms with Gasteiger partial charge < -0.3 is 0 Å². The SMILES string of the molecule is N#CC(F)=CC=CCCC1CCC(C2CCC(c3ccc(F)cc3)CC2)CC1. The topological polar surface area (TPSA) is 23.8 Å². The van der Waals surface area contributed by atoms with Gasteiger partial charge in [0, 0.05) is 0 Å². The average molecular weight is 384 g/mol. The minimum Gasteiger partial charge on any atom is -0.207 e. The predicted molar refractivity (Wildman–Crippen MR) is 110 cm³/mol. The van der Waals surface area contributed by atoms with Crippen molar-refractivity contribution in [2.24, 2.45) is 17.8 Å². The van der Waals surface area contributed by atoms with E-state index in [1.54, 1.807) is 18.2 Å². The first-order chi connectivity index (χ1) is 13.7. The first-order valence-electron chi connectivity index (χ1n) is 10.8. The van der Waals surface area contributed by atoms with Crippen LogP contribution in [0, 0.1) is 34.9 Å². The predicted octanol–water partition coefficient (Wildman–Crippen LogP) is 7.62. The van der Waals surface area contributed by atoms with Crippen LogP contribution in [0.5, 0.6) is 0 Å². The number of nitrogens with zero attached hydrogens (tertiary/aromatic N) is 1. The van der Waals surface area contributed by atoms with Crippen molar-refractivity contribution >= 4 is 0 Å². The third-order valence-electron chi connectivity index (χ3n) is 6.90. The maximum Gasteiger partial charge on any atom is 0.199 e. The molecule has 2 aliphatic rings. The van der Waals surface area contributed by atoms with Gasteiger partial charge in [-0.1, -0.05) is 37.1 Å². The van der Waals surface area contributed by atoms with E-state index in [1.165, 1.54) is 75.5 Å². The second-order valence-electron chi connectivity index (χ2n) is 8.58. The van der Waals surface area contributed by atoms with Crippen molar-refractivity contribution in [2.45, 2.75) is 70.1 Å². The van der Waals surface area contributed by atoms with E-state index in [0.29, 0.717) is 5.92 Å². The van der Waals surface area contributed by atoms with Crippen molar-refractivity contribution in [3.8, 4) is 6.07 Å². The molecule has 0 spiro atoms. The summed E-state index contributed by atoms with van der Waals surface area (Å²) in [6.07, 6.45) is 17.5. The lowest BCUT2D eigenvalue weighted by molar-refractivity contribution is 0.157. The first kappa shape index (κ1) is 20.8. The van der Waals surface area contributed by atoms with Gasteiger partial charge in [-0.2, -0.15) is 9.65 Å². The Morgan fingerprint density at radius 2 is 1.57 bits per heavy atom. The number of halogens is 2. The number of rotatable bonds is 6. The van der Waals surface area contributed by atoms with Crippen LogP contribution in [0.2, 0.25) is 0 Å². The Kier molecular flexibility index (Phi) is 7.83. The number of nitriles is 1. The fourth-order valence-corrected chi connectivity index (χ4v) is 5.23. The summed E-state index contributed by atoms with van der Waals surface area (Å²) in [5.74, 6) is 2.28. The molecule has 0 atom stereocenters. The minimum absolute atomic E-state index is 0.143. The lowest BCUT2D eigenvalue weighted by Gasteiger charge is -2.38. The largest absolute Gasteiger partial charge is 0.207 e. The number of hydrogen-bond acceptors (Lipinski definition) is 1. The Labute approximate surface area is 168 Å². The van der Waals surface area contributed by atoms with Gasteiger partial charge in [-0.05, 0) is 98.8 Å². The first-order valence-corrected chi connectivity index (χ1v) is 10.8. The fourth-order valence-electron chi connectivity index (χ4n) is 5.23. The van der Waals surface area contributed by atoms with Gasteiger partial charge in [0.2, 0.25) is 0 Å². The summed E-state index contributed by atoms with van der Waals surface area (Å²) in [6, 6.07) is 8.59. The second kappa shape index (κ2) is 10.6. The lowest BCUT2D eigenvalue weighted by atomic mass is 9.68. The zero-order chi connectivity index (χ0) is 19.8. The number of benzene rings is 1.